The van der Waals surface area contributed by atoms with Gasteiger partial charge in [-0.05, 0) is 49.2 Å². The predicted molar refractivity (Wildman–Crippen MR) is 90.6 cm³/mol. The number of aryl methyl sites for hydroxylation is 2. The molecule has 1 N–H and O–H groups in total. The number of sulfone groups is 1. The van der Waals surface area contributed by atoms with E-state index in [2.05, 4.69) is 12.2 Å². The Balaban J connectivity index is 2.14. The summed E-state index contributed by atoms with van der Waals surface area (Å²) in [6, 6.07) is 6.54. The Morgan fingerprint density at radius 2 is 1.88 bits per heavy atom. The smallest absolute Gasteiger partial charge is 0.321 e. The maximum Gasteiger partial charge on any atom is 0.341 e. The van der Waals surface area contributed by atoms with Crippen molar-refractivity contribution in [3.05, 3.63) is 45.6 Å². The molecular formula is C16H17F2NO3S2. The van der Waals surface area contributed by atoms with Crippen LogP contribution in [0.2, 0.25) is 0 Å². The van der Waals surface area contributed by atoms with Crippen molar-refractivity contribution in [3.63, 3.8) is 0 Å². The van der Waals surface area contributed by atoms with E-state index in [-0.39, 0.29) is 5.91 Å². The van der Waals surface area contributed by atoms with E-state index in [1.54, 1.807) is 0 Å². The van der Waals surface area contributed by atoms with Crippen LogP contribution in [-0.2, 0) is 16.3 Å². The van der Waals surface area contributed by atoms with Crippen molar-refractivity contribution in [1.29, 1.82) is 0 Å². The summed E-state index contributed by atoms with van der Waals surface area (Å²) in [6.45, 7) is 4.02. The Bertz CT molecular complexity index is 828. The number of rotatable bonds is 6. The number of carbonyl (C=O) groups excluding carboxylic acids is 1. The largest absolute Gasteiger partial charge is 0.341 e. The monoisotopic (exact) mass is 373 g/mol. The van der Waals surface area contributed by atoms with Gasteiger partial charge in [0.2, 0.25) is 9.84 Å². The van der Waals surface area contributed by atoms with Gasteiger partial charge in [-0.15, -0.1) is 11.3 Å². The van der Waals surface area contributed by atoms with Crippen molar-refractivity contribution in [1.82, 2.24) is 0 Å². The highest BCUT2D eigenvalue weighted by molar-refractivity contribution is 7.91. The standard InChI is InChI=1S/C16H17F2NO3S2/c1-3-4-11-9-14(23-10(11)2)15(20)19-12-5-7-13(8-6-12)24(21,22)16(17)18/h5-9,16H,3-4H2,1-2H3,(H,19,20). The van der Waals surface area contributed by atoms with Gasteiger partial charge >= 0.3 is 5.76 Å². The average Bonchev–Trinajstić information content (AvgIpc) is 2.89. The summed E-state index contributed by atoms with van der Waals surface area (Å²) in [4.78, 5) is 13.4. The van der Waals surface area contributed by atoms with Gasteiger partial charge in [0.05, 0.1) is 9.77 Å². The molecule has 0 spiro atoms. The second-order valence-corrected chi connectivity index (χ2v) is 8.40. The van der Waals surface area contributed by atoms with Crippen LogP contribution in [0.4, 0.5) is 14.5 Å². The molecule has 0 radical (unpaired) electrons. The summed E-state index contributed by atoms with van der Waals surface area (Å²) in [5.74, 6) is -3.78. The van der Waals surface area contributed by atoms with Gasteiger partial charge in [0, 0.05) is 10.6 Å². The first-order valence-electron chi connectivity index (χ1n) is 7.28. The molecule has 2 aromatic rings. The zero-order valence-corrected chi connectivity index (χ0v) is 14.8. The average molecular weight is 373 g/mol. The number of benzene rings is 1. The number of thiophene rings is 1. The van der Waals surface area contributed by atoms with E-state index in [4.69, 9.17) is 0 Å². The Hall–Kier alpha value is -1.80. The van der Waals surface area contributed by atoms with Crippen LogP contribution in [0.5, 0.6) is 0 Å². The molecule has 0 aliphatic heterocycles. The SMILES string of the molecule is CCCc1cc(C(=O)Nc2ccc(S(=O)(=O)C(F)F)cc2)sc1C. The van der Waals surface area contributed by atoms with Gasteiger partial charge in [0.25, 0.3) is 5.91 Å². The number of hydrogen-bond acceptors (Lipinski definition) is 4. The maximum absolute atomic E-state index is 12.5. The lowest BCUT2D eigenvalue weighted by Gasteiger charge is -2.06. The van der Waals surface area contributed by atoms with Crippen molar-refractivity contribution in [2.75, 3.05) is 5.32 Å². The second kappa shape index (κ2) is 7.40. The lowest BCUT2D eigenvalue weighted by molar-refractivity contribution is 0.103. The van der Waals surface area contributed by atoms with Crippen molar-refractivity contribution in [3.8, 4) is 0 Å². The quantitative estimate of drug-likeness (QED) is 0.823. The topological polar surface area (TPSA) is 63.2 Å². The molecule has 0 bridgehead atoms. The van der Waals surface area contributed by atoms with E-state index >= 15 is 0 Å². The number of anilines is 1. The number of hydrogen-bond donors (Lipinski definition) is 1. The summed E-state index contributed by atoms with van der Waals surface area (Å²) >= 11 is 1.39. The summed E-state index contributed by atoms with van der Waals surface area (Å²) < 4.78 is 47.7. The molecule has 24 heavy (non-hydrogen) atoms. The molecule has 1 amide bonds. The molecular weight excluding hydrogens is 356 g/mol. The van der Waals surface area contributed by atoms with Crippen LogP contribution in [-0.4, -0.2) is 20.1 Å². The summed E-state index contributed by atoms with van der Waals surface area (Å²) in [7, 11) is -4.63. The number of carbonyl (C=O) groups is 1. The fourth-order valence-corrected chi connectivity index (χ4v) is 3.86. The van der Waals surface area contributed by atoms with Crippen LogP contribution in [0, 0.1) is 6.92 Å². The second-order valence-electron chi connectivity index (χ2n) is 5.23. The highest BCUT2D eigenvalue weighted by Crippen LogP contribution is 2.25. The van der Waals surface area contributed by atoms with E-state index in [1.165, 1.54) is 23.5 Å². The van der Waals surface area contributed by atoms with Crippen molar-refractivity contribution >= 4 is 32.8 Å². The number of nitrogens with one attached hydrogen (secondary N) is 1. The first kappa shape index (κ1) is 18.5. The molecule has 2 rings (SSSR count). The Morgan fingerprint density at radius 1 is 1.25 bits per heavy atom. The fraction of sp³-hybridized carbons (Fsp3) is 0.312. The third-order valence-electron chi connectivity index (χ3n) is 3.44. The lowest BCUT2D eigenvalue weighted by Crippen LogP contribution is -2.12. The van der Waals surface area contributed by atoms with Gasteiger partial charge in [0.1, 0.15) is 0 Å². The molecule has 0 saturated carbocycles. The minimum absolute atomic E-state index is 0.310. The summed E-state index contributed by atoms with van der Waals surface area (Å²) in [5.41, 5.74) is 1.47. The Labute approximate surface area is 143 Å². The molecule has 1 aromatic heterocycles. The zero-order chi connectivity index (χ0) is 17.9. The number of halogens is 2. The minimum Gasteiger partial charge on any atom is -0.321 e. The molecule has 8 heteroatoms. The van der Waals surface area contributed by atoms with E-state index < -0.39 is 20.5 Å². The van der Waals surface area contributed by atoms with Crippen molar-refractivity contribution in [2.45, 2.75) is 37.3 Å². The van der Waals surface area contributed by atoms with Gasteiger partial charge in [-0.2, -0.15) is 8.78 Å². The lowest BCUT2D eigenvalue weighted by atomic mass is 10.1. The number of alkyl halides is 2. The molecule has 4 nitrogen and oxygen atoms in total. The van der Waals surface area contributed by atoms with Gasteiger partial charge in [-0.3, -0.25) is 4.79 Å². The minimum atomic E-state index is -4.63. The molecule has 0 saturated heterocycles. The normalized spacial score (nSPS) is 11.7. The molecule has 0 atom stereocenters. The third-order valence-corrected chi connectivity index (χ3v) is 5.93. The van der Waals surface area contributed by atoms with Gasteiger partial charge in [-0.25, -0.2) is 8.42 Å². The van der Waals surface area contributed by atoms with E-state index in [0.717, 1.165) is 35.4 Å². The van der Waals surface area contributed by atoms with Crippen LogP contribution in [0.3, 0.4) is 0 Å². The highest BCUT2D eigenvalue weighted by Gasteiger charge is 2.26. The molecule has 130 valence electrons. The zero-order valence-electron chi connectivity index (χ0n) is 13.2. The molecule has 1 heterocycles. The summed E-state index contributed by atoms with van der Waals surface area (Å²) in [5, 5.41) is 2.64. The highest BCUT2D eigenvalue weighted by atomic mass is 32.2. The first-order valence-corrected chi connectivity index (χ1v) is 9.64. The van der Waals surface area contributed by atoms with E-state index in [9.17, 15) is 22.0 Å². The van der Waals surface area contributed by atoms with Crippen molar-refractivity contribution in [2.24, 2.45) is 0 Å². The van der Waals surface area contributed by atoms with E-state index in [0.29, 0.717) is 10.6 Å². The molecule has 0 fully saturated rings. The van der Waals surface area contributed by atoms with Gasteiger partial charge in [0.15, 0.2) is 0 Å². The van der Waals surface area contributed by atoms with Gasteiger partial charge in [-0.1, -0.05) is 13.3 Å². The molecule has 1 aromatic carbocycles. The van der Waals surface area contributed by atoms with Crippen LogP contribution < -0.4 is 5.32 Å². The van der Waals surface area contributed by atoms with Crippen LogP contribution in [0.1, 0.15) is 33.5 Å². The maximum atomic E-state index is 12.5. The number of amides is 1. The molecule has 0 aliphatic rings. The van der Waals surface area contributed by atoms with E-state index in [1.807, 2.05) is 13.0 Å². The predicted octanol–water partition coefficient (Wildman–Crippen LogP) is 4.26. The third kappa shape index (κ3) is 3.99. The van der Waals surface area contributed by atoms with Crippen molar-refractivity contribution < 1.29 is 22.0 Å². The Kier molecular flexibility index (Phi) is 5.71. The van der Waals surface area contributed by atoms with Crippen LogP contribution in [0.15, 0.2) is 35.2 Å². The molecule has 0 unspecified atom stereocenters. The van der Waals surface area contributed by atoms with Gasteiger partial charge < -0.3 is 5.32 Å². The summed E-state index contributed by atoms with van der Waals surface area (Å²) in [6.07, 6.45) is 1.88. The molecule has 0 aliphatic carbocycles. The fourth-order valence-electron chi connectivity index (χ4n) is 2.17. The van der Waals surface area contributed by atoms with Crippen LogP contribution >= 0.6 is 11.3 Å². The first-order chi connectivity index (χ1) is 11.3. The van der Waals surface area contributed by atoms with Crippen LogP contribution in [0.25, 0.3) is 0 Å². The Morgan fingerprint density at radius 3 is 2.42 bits per heavy atom.